The van der Waals surface area contributed by atoms with Crippen molar-refractivity contribution < 1.29 is 32.6 Å². The van der Waals surface area contributed by atoms with Crippen molar-refractivity contribution in [3.05, 3.63) is 29.3 Å². The van der Waals surface area contributed by atoms with Crippen molar-refractivity contribution in [3.63, 3.8) is 0 Å². The minimum atomic E-state index is -4.74. The zero-order chi connectivity index (χ0) is 27.4. The SMILES string of the molecule is CC1(C)C(=O)N(c2ccc(C#N)c(C(F)(F)F)c2)C(=S)N1CCCCCCCN1CCC[C@@H]1OC(=O)O. The molecule has 8 nitrogen and oxygen atoms in total. The van der Waals surface area contributed by atoms with E-state index in [1.54, 1.807) is 24.8 Å². The third-order valence-corrected chi connectivity index (χ3v) is 7.28. The molecule has 0 radical (unpaired) electrons. The smallest absolute Gasteiger partial charge is 0.450 e. The van der Waals surface area contributed by atoms with Crippen LogP contribution in [-0.4, -0.2) is 63.5 Å². The monoisotopic (exact) mass is 540 g/mol. The fraction of sp³-hybridized carbons (Fsp3) is 0.600. The fourth-order valence-corrected chi connectivity index (χ4v) is 5.37. The van der Waals surface area contributed by atoms with E-state index >= 15 is 0 Å². The summed E-state index contributed by atoms with van der Waals surface area (Å²) in [6.07, 6.45) is -0.265. The summed E-state index contributed by atoms with van der Waals surface area (Å²) >= 11 is 5.52. The lowest BCUT2D eigenvalue weighted by molar-refractivity contribution is -0.137. The van der Waals surface area contributed by atoms with Gasteiger partial charge in [0.25, 0.3) is 5.91 Å². The summed E-state index contributed by atoms with van der Waals surface area (Å²) in [5.74, 6) is -0.418. The summed E-state index contributed by atoms with van der Waals surface area (Å²) in [4.78, 5) is 28.9. The van der Waals surface area contributed by atoms with Crippen molar-refractivity contribution >= 4 is 35.1 Å². The number of thiocarbonyl (C=S) groups is 1. The van der Waals surface area contributed by atoms with Crippen LogP contribution in [0.1, 0.15) is 69.9 Å². The summed E-state index contributed by atoms with van der Waals surface area (Å²) < 4.78 is 45.3. The average Bonchev–Trinajstić information content (AvgIpc) is 3.31. The lowest BCUT2D eigenvalue weighted by Crippen LogP contribution is -2.44. The predicted molar refractivity (Wildman–Crippen MR) is 134 cm³/mol. The molecule has 0 spiro atoms. The third kappa shape index (κ3) is 6.51. The molecular formula is C25H31F3N4O4S. The Labute approximate surface area is 219 Å². The number of halogens is 3. The van der Waals surface area contributed by atoms with Gasteiger partial charge in [0.05, 0.1) is 22.9 Å². The van der Waals surface area contributed by atoms with E-state index in [9.17, 15) is 22.8 Å². The fourth-order valence-electron chi connectivity index (χ4n) is 4.86. The van der Waals surface area contributed by atoms with E-state index in [2.05, 4.69) is 0 Å². The van der Waals surface area contributed by atoms with Crippen molar-refractivity contribution in [2.45, 2.75) is 76.7 Å². The number of hydrogen-bond acceptors (Lipinski definition) is 6. The van der Waals surface area contributed by atoms with E-state index in [4.69, 9.17) is 27.3 Å². The van der Waals surface area contributed by atoms with Crippen LogP contribution in [0.2, 0.25) is 0 Å². The average molecular weight is 541 g/mol. The number of hydrogen-bond donors (Lipinski definition) is 1. The van der Waals surface area contributed by atoms with Gasteiger partial charge in [-0.2, -0.15) is 18.4 Å². The number of nitrogens with zero attached hydrogens (tertiary/aromatic N) is 4. The van der Waals surface area contributed by atoms with E-state index in [1.807, 2.05) is 4.90 Å². The number of rotatable bonds is 10. The molecule has 2 saturated heterocycles. The van der Waals surface area contributed by atoms with E-state index in [1.165, 1.54) is 6.07 Å². The first-order chi connectivity index (χ1) is 17.4. The number of amides is 1. The highest BCUT2D eigenvalue weighted by Gasteiger charge is 2.49. The molecule has 0 aromatic heterocycles. The van der Waals surface area contributed by atoms with Gasteiger partial charge in [-0.05, 0) is 69.9 Å². The first-order valence-corrected chi connectivity index (χ1v) is 12.7. The molecule has 37 heavy (non-hydrogen) atoms. The van der Waals surface area contributed by atoms with Gasteiger partial charge in [0.1, 0.15) is 5.54 Å². The Kier molecular flexibility index (Phi) is 9.02. The van der Waals surface area contributed by atoms with Crippen molar-refractivity contribution in [2.75, 3.05) is 24.5 Å². The van der Waals surface area contributed by atoms with Gasteiger partial charge in [-0.15, -0.1) is 0 Å². The van der Waals surface area contributed by atoms with Gasteiger partial charge in [0.15, 0.2) is 11.3 Å². The van der Waals surface area contributed by atoms with Crippen LogP contribution in [0.15, 0.2) is 18.2 Å². The number of nitriles is 1. The number of ether oxygens (including phenoxy) is 1. The Morgan fingerprint density at radius 1 is 1.22 bits per heavy atom. The number of likely N-dealkylation sites (tertiary alicyclic amines) is 1. The maximum Gasteiger partial charge on any atom is 0.507 e. The Morgan fingerprint density at radius 2 is 1.86 bits per heavy atom. The maximum atomic E-state index is 13.4. The van der Waals surface area contributed by atoms with Crippen LogP contribution in [0.3, 0.4) is 0 Å². The van der Waals surface area contributed by atoms with Gasteiger partial charge in [0.2, 0.25) is 0 Å². The first-order valence-electron chi connectivity index (χ1n) is 12.3. The molecule has 2 aliphatic rings. The molecule has 0 bridgehead atoms. The number of carbonyl (C=O) groups is 2. The minimum absolute atomic E-state index is 0.0102. The lowest BCUT2D eigenvalue weighted by atomic mass is 10.0. The Hall–Kier alpha value is -2.91. The Morgan fingerprint density at radius 3 is 2.49 bits per heavy atom. The third-order valence-electron chi connectivity index (χ3n) is 6.88. The Bertz CT molecular complexity index is 1070. The molecule has 2 aliphatic heterocycles. The molecule has 0 saturated carbocycles. The number of unbranched alkanes of at least 4 members (excludes halogenated alkanes) is 4. The first kappa shape index (κ1) is 28.7. The maximum absolute atomic E-state index is 13.4. The molecule has 0 aliphatic carbocycles. The number of carbonyl (C=O) groups excluding carboxylic acids is 1. The van der Waals surface area contributed by atoms with Gasteiger partial charge in [-0.1, -0.05) is 19.3 Å². The number of benzene rings is 1. The molecule has 0 unspecified atom stereocenters. The molecule has 1 aromatic rings. The number of alkyl halides is 3. The highest BCUT2D eigenvalue weighted by atomic mass is 32.1. The van der Waals surface area contributed by atoms with Crippen LogP contribution in [0.5, 0.6) is 0 Å². The van der Waals surface area contributed by atoms with Crippen LogP contribution in [-0.2, 0) is 15.7 Å². The standard InChI is InChI=1S/C25H31F3N4O4S/c1-24(2)21(33)32(18-11-10-17(16-29)19(15-18)25(26,27)28)22(37)31(24)14-7-5-3-4-6-12-30-13-8-9-20(30)36-23(34)35/h10-11,15,20H,3-9,12-14H2,1-2H3,(H,34,35)/t20-/m0/s1. The lowest BCUT2D eigenvalue weighted by Gasteiger charge is -2.29. The number of carboxylic acid groups (broad SMARTS) is 1. The van der Waals surface area contributed by atoms with Gasteiger partial charge in [-0.3, -0.25) is 14.6 Å². The summed E-state index contributed by atoms with van der Waals surface area (Å²) in [6.45, 7) is 5.48. The Balaban J connectivity index is 1.52. The minimum Gasteiger partial charge on any atom is -0.450 e. The summed E-state index contributed by atoms with van der Waals surface area (Å²) in [5, 5.41) is 18.0. The molecule has 1 aromatic carbocycles. The normalized spacial score (nSPS) is 19.9. The molecule has 1 N–H and O–H groups in total. The van der Waals surface area contributed by atoms with Gasteiger partial charge >= 0.3 is 12.3 Å². The van der Waals surface area contributed by atoms with Crippen molar-refractivity contribution in [1.82, 2.24) is 9.80 Å². The largest absolute Gasteiger partial charge is 0.507 e. The predicted octanol–water partition coefficient (Wildman–Crippen LogP) is 5.36. The van der Waals surface area contributed by atoms with Crippen LogP contribution in [0.25, 0.3) is 0 Å². The van der Waals surface area contributed by atoms with Crippen LogP contribution in [0, 0.1) is 11.3 Å². The van der Waals surface area contributed by atoms with Crippen LogP contribution < -0.4 is 4.90 Å². The molecular weight excluding hydrogens is 509 g/mol. The van der Waals surface area contributed by atoms with Crippen molar-refractivity contribution in [3.8, 4) is 6.07 Å². The topological polar surface area (TPSA) is 97.1 Å². The van der Waals surface area contributed by atoms with Gasteiger partial charge in [-0.25, -0.2) is 4.79 Å². The van der Waals surface area contributed by atoms with Crippen LogP contribution in [0.4, 0.5) is 23.7 Å². The molecule has 202 valence electrons. The van der Waals surface area contributed by atoms with E-state index < -0.39 is 34.9 Å². The highest BCUT2D eigenvalue weighted by molar-refractivity contribution is 7.80. The molecule has 1 atom stereocenters. The molecule has 1 amide bonds. The zero-order valence-electron chi connectivity index (χ0n) is 20.9. The zero-order valence-corrected chi connectivity index (χ0v) is 21.7. The molecule has 2 heterocycles. The van der Waals surface area contributed by atoms with Crippen molar-refractivity contribution in [1.29, 1.82) is 5.26 Å². The van der Waals surface area contributed by atoms with Crippen molar-refractivity contribution in [2.24, 2.45) is 0 Å². The summed E-state index contributed by atoms with van der Waals surface area (Å²) in [6, 6.07) is 4.71. The van der Waals surface area contributed by atoms with E-state index in [0.29, 0.717) is 13.0 Å². The van der Waals surface area contributed by atoms with E-state index in [-0.39, 0.29) is 17.0 Å². The quantitative estimate of drug-likeness (QED) is 0.241. The number of anilines is 1. The van der Waals surface area contributed by atoms with Gasteiger partial charge < -0.3 is 14.7 Å². The van der Waals surface area contributed by atoms with Crippen LogP contribution >= 0.6 is 12.2 Å². The molecule has 3 rings (SSSR count). The highest BCUT2D eigenvalue weighted by Crippen LogP contribution is 2.38. The van der Waals surface area contributed by atoms with E-state index in [0.717, 1.165) is 68.6 Å². The second kappa shape index (κ2) is 11.6. The second-order valence-electron chi connectivity index (χ2n) is 9.76. The summed E-state index contributed by atoms with van der Waals surface area (Å²) in [7, 11) is 0. The van der Waals surface area contributed by atoms with Gasteiger partial charge in [0, 0.05) is 19.6 Å². The summed E-state index contributed by atoms with van der Waals surface area (Å²) in [5.41, 5.74) is -2.64. The second-order valence-corrected chi connectivity index (χ2v) is 10.1. The molecule has 2 fully saturated rings. The molecule has 12 heteroatoms.